The zero-order valence-electron chi connectivity index (χ0n) is 21.2. The van der Waals surface area contributed by atoms with Crippen molar-refractivity contribution in [1.82, 2.24) is 30.1 Å². The van der Waals surface area contributed by atoms with Gasteiger partial charge in [-0.1, -0.05) is 30.3 Å². The van der Waals surface area contributed by atoms with Gasteiger partial charge in [0.1, 0.15) is 5.69 Å². The molecule has 6 aromatic rings. The Bertz CT molecular complexity index is 1730. The van der Waals surface area contributed by atoms with Gasteiger partial charge in [0, 0.05) is 34.5 Å². The van der Waals surface area contributed by atoms with E-state index in [2.05, 4.69) is 37.3 Å². The van der Waals surface area contributed by atoms with Gasteiger partial charge >= 0.3 is 0 Å². The normalized spacial score (nSPS) is 11.9. The summed E-state index contributed by atoms with van der Waals surface area (Å²) in [6, 6.07) is 16.3. The molecule has 0 saturated heterocycles. The van der Waals surface area contributed by atoms with Crippen LogP contribution in [0.15, 0.2) is 60.9 Å². The van der Waals surface area contributed by atoms with Gasteiger partial charge in [0.25, 0.3) is 0 Å². The number of benzene rings is 2. The Morgan fingerprint density at radius 1 is 0.865 bits per heavy atom. The summed E-state index contributed by atoms with van der Waals surface area (Å²) in [5.41, 5.74) is 6.21. The van der Waals surface area contributed by atoms with Crippen LogP contribution < -0.4 is 4.74 Å². The second-order valence-electron chi connectivity index (χ2n) is 9.64. The summed E-state index contributed by atoms with van der Waals surface area (Å²) in [4.78, 5) is 17.6. The van der Waals surface area contributed by atoms with E-state index in [0.29, 0.717) is 24.0 Å². The number of ether oxygens (including phenoxy) is 2. The third-order valence-electron chi connectivity index (χ3n) is 6.23. The summed E-state index contributed by atoms with van der Waals surface area (Å²) < 4.78 is 11.8. The van der Waals surface area contributed by atoms with Gasteiger partial charge in [0.15, 0.2) is 11.5 Å². The molecule has 0 aliphatic rings. The molecule has 8 heteroatoms. The van der Waals surface area contributed by atoms with Gasteiger partial charge in [-0.25, -0.2) is 15.0 Å². The summed E-state index contributed by atoms with van der Waals surface area (Å²) in [6.07, 6.45) is 3.87. The molecule has 0 saturated carbocycles. The second kappa shape index (κ2) is 9.29. The standard InChI is InChI=1S/C29H28N6O2/c1-16(2)36-15-18-8-7-11-24-25(18)33-28(32-24)26-22-12-19(13-30-27(22)35-34-26)23-14-31-29(37-17(3)4)21-10-6-5-9-20(21)23/h5-14,16-17H,15H2,1-4H3,(H,32,33)(H,30,34,35). The highest BCUT2D eigenvalue weighted by molar-refractivity contribution is 6.01. The molecule has 4 heterocycles. The Morgan fingerprint density at radius 3 is 2.51 bits per heavy atom. The van der Waals surface area contributed by atoms with Crippen molar-refractivity contribution in [3.63, 3.8) is 0 Å². The first-order valence-corrected chi connectivity index (χ1v) is 12.5. The molecular weight excluding hydrogens is 464 g/mol. The van der Waals surface area contributed by atoms with Crippen LogP contribution in [-0.2, 0) is 11.3 Å². The minimum atomic E-state index is 0.0366. The minimum Gasteiger partial charge on any atom is -0.475 e. The molecule has 0 atom stereocenters. The van der Waals surface area contributed by atoms with Gasteiger partial charge in [0.2, 0.25) is 5.88 Å². The monoisotopic (exact) mass is 492 g/mol. The first-order chi connectivity index (χ1) is 18.0. The van der Waals surface area contributed by atoms with Crippen LogP contribution in [0.1, 0.15) is 33.3 Å². The van der Waals surface area contributed by atoms with Gasteiger partial charge in [-0.3, -0.25) is 5.10 Å². The van der Waals surface area contributed by atoms with Gasteiger partial charge in [-0.2, -0.15) is 5.10 Å². The fourth-order valence-electron chi connectivity index (χ4n) is 4.52. The Hall–Kier alpha value is -4.30. The van der Waals surface area contributed by atoms with Crippen molar-refractivity contribution < 1.29 is 9.47 Å². The number of aromatic nitrogens is 6. The van der Waals surface area contributed by atoms with E-state index in [4.69, 9.17) is 14.5 Å². The van der Waals surface area contributed by atoms with E-state index >= 15 is 0 Å². The fourth-order valence-corrected chi connectivity index (χ4v) is 4.52. The fraction of sp³-hybridized carbons (Fsp3) is 0.241. The SMILES string of the molecule is CC(C)OCc1cccc2[nH]c(-c3[nH]nc4ncc(-c5cnc(OC(C)C)c6ccccc56)cc34)nc12. The predicted octanol–water partition coefficient (Wildman–Crippen LogP) is 6.43. The van der Waals surface area contributed by atoms with Crippen LogP contribution in [-0.4, -0.2) is 42.3 Å². The number of aromatic amines is 2. The van der Waals surface area contributed by atoms with E-state index in [0.717, 1.165) is 49.6 Å². The van der Waals surface area contributed by atoms with E-state index in [9.17, 15) is 0 Å². The number of nitrogens with zero attached hydrogens (tertiary/aromatic N) is 4. The maximum atomic E-state index is 5.96. The number of para-hydroxylation sites is 1. The van der Waals surface area contributed by atoms with Crippen molar-refractivity contribution >= 4 is 32.8 Å². The van der Waals surface area contributed by atoms with E-state index in [-0.39, 0.29) is 12.2 Å². The Kier molecular flexibility index (Phi) is 5.81. The number of H-pyrrole nitrogens is 2. The first-order valence-electron chi connectivity index (χ1n) is 12.5. The molecule has 0 aliphatic heterocycles. The molecule has 37 heavy (non-hydrogen) atoms. The van der Waals surface area contributed by atoms with Crippen LogP contribution in [0.4, 0.5) is 0 Å². The zero-order chi connectivity index (χ0) is 25.5. The molecule has 4 aromatic heterocycles. The number of nitrogens with one attached hydrogen (secondary N) is 2. The van der Waals surface area contributed by atoms with E-state index in [1.165, 1.54) is 0 Å². The summed E-state index contributed by atoms with van der Waals surface area (Å²) in [7, 11) is 0. The average Bonchev–Trinajstić information content (AvgIpc) is 3.51. The van der Waals surface area contributed by atoms with Crippen molar-refractivity contribution in [1.29, 1.82) is 0 Å². The largest absolute Gasteiger partial charge is 0.475 e. The molecule has 186 valence electrons. The van der Waals surface area contributed by atoms with Crippen LogP contribution in [0.3, 0.4) is 0 Å². The number of hydrogen-bond acceptors (Lipinski definition) is 6. The molecule has 0 amide bonds. The number of hydrogen-bond donors (Lipinski definition) is 2. The Labute approximate surface area is 214 Å². The lowest BCUT2D eigenvalue weighted by Gasteiger charge is -2.13. The lowest BCUT2D eigenvalue weighted by molar-refractivity contribution is 0.0663. The predicted molar refractivity (Wildman–Crippen MR) is 145 cm³/mol. The van der Waals surface area contributed by atoms with Crippen LogP contribution in [0.2, 0.25) is 0 Å². The van der Waals surface area contributed by atoms with E-state index in [1.807, 2.05) is 76.5 Å². The smallest absolute Gasteiger partial charge is 0.221 e. The molecule has 2 N–H and O–H groups in total. The van der Waals surface area contributed by atoms with Gasteiger partial charge in [-0.15, -0.1) is 0 Å². The Balaban J connectivity index is 1.45. The van der Waals surface area contributed by atoms with Gasteiger partial charge in [-0.05, 0) is 51.3 Å². The summed E-state index contributed by atoms with van der Waals surface area (Å²) in [5, 5.41) is 10.5. The van der Waals surface area contributed by atoms with Crippen LogP contribution >= 0.6 is 0 Å². The molecule has 8 nitrogen and oxygen atoms in total. The lowest BCUT2D eigenvalue weighted by atomic mass is 10.0. The molecule has 2 aromatic carbocycles. The highest BCUT2D eigenvalue weighted by Crippen LogP contribution is 2.35. The van der Waals surface area contributed by atoms with Crippen LogP contribution in [0.5, 0.6) is 5.88 Å². The van der Waals surface area contributed by atoms with Gasteiger partial charge in [0.05, 0.1) is 35.2 Å². The van der Waals surface area contributed by atoms with E-state index < -0.39 is 0 Å². The zero-order valence-corrected chi connectivity index (χ0v) is 21.2. The highest BCUT2D eigenvalue weighted by Gasteiger charge is 2.17. The van der Waals surface area contributed by atoms with Crippen molar-refractivity contribution in [2.24, 2.45) is 0 Å². The molecule has 0 radical (unpaired) electrons. The molecule has 0 aliphatic carbocycles. The number of imidazole rings is 1. The molecule has 0 fully saturated rings. The number of fused-ring (bicyclic) bond motifs is 3. The average molecular weight is 493 g/mol. The number of rotatable bonds is 7. The quantitative estimate of drug-likeness (QED) is 0.266. The summed E-state index contributed by atoms with van der Waals surface area (Å²) in [5.74, 6) is 1.34. The molecular formula is C29H28N6O2. The van der Waals surface area contributed by atoms with Crippen molar-refractivity contribution in [3.05, 3.63) is 66.5 Å². The maximum Gasteiger partial charge on any atom is 0.221 e. The third-order valence-corrected chi connectivity index (χ3v) is 6.23. The maximum absolute atomic E-state index is 5.96. The van der Waals surface area contributed by atoms with Crippen LogP contribution in [0.25, 0.3) is 55.5 Å². The Morgan fingerprint density at radius 2 is 1.70 bits per heavy atom. The molecule has 6 rings (SSSR count). The molecule has 0 spiro atoms. The minimum absolute atomic E-state index is 0.0366. The van der Waals surface area contributed by atoms with Crippen LogP contribution in [0, 0.1) is 0 Å². The number of pyridine rings is 2. The summed E-state index contributed by atoms with van der Waals surface area (Å²) in [6.45, 7) is 8.56. The van der Waals surface area contributed by atoms with E-state index in [1.54, 1.807) is 0 Å². The molecule has 0 unspecified atom stereocenters. The second-order valence-corrected chi connectivity index (χ2v) is 9.64. The van der Waals surface area contributed by atoms with Crippen molar-refractivity contribution in [2.45, 2.75) is 46.5 Å². The van der Waals surface area contributed by atoms with Crippen molar-refractivity contribution in [3.8, 4) is 28.5 Å². The summed E-state index contributed by atoms with van der Waals surface area (Å²) >= 11 is 0. The van der Waals surface area contributed by atoms with Crippen molar-refractivity contribution in [2.75, 3.05) is 0 Å². The third kappa shape index (κ3) is 4.29. The molecule has 0 bridgehead atoms. The highest BCUT2D eigenvalue weighted by atomic mass is 16.5. The van der Waals surface area contributed by atoms with Gasteiger partial charge < -0.3 is 14.5 Å². The first kappa shape index (κ1) is 23.1. The topological polar surface area (TPSA) is 102 Å². The lowest BCUT2D eigenvalue weighted by Crippen LogP contribution is -2.07.